The smallest absolute Gasteiger partial charge is 0.230 e. The topological polar surface area (TPSA) is 59.8 Å². The monoisotopic (exact) mass is 380 g/mol. The van der Waals surface area contributed by atoms with E-state index in [-0.39, 0.29) is 5.91 Å². The molecule has 0 aliphatic rings. The van der Waals surface area contributed by atoms with E-state index in [0.29, 0.717) is 23.4 Å². The van der Waals surface area contributed by atoms with Crippen molar-refractivity contribution in [1.82, 2.24) is 20.1 Å². The number of aryl methyl sites for hydroxylation is 1. The van der Waals surface area contributed by atoms with Crippen molar-refractivity contribution in [3.05, 3.63) is 60.2 Å². The Balaban J connectivity index is 1.92. The quantitative estimate of drug-likeness (QED) is 0.627. The SMILES string of the molecule is Cc1ccccc1-n1c(SCC(=O)NCC(C)C)nnc1-c1ccccc1. The molecule has 0 bridgehead atoms. The van der Waals surface area contributed by atoms with Gasteiger partial charge in [0.1, 0.15) is 0 Å². The van der Waals surface area contributed by atoms with Gasteiger partial charge >= 0.3 is 0 Å². The van der Waals surface area contributed by atoms with Crippen molar-refractivity contribution >= 4 is 17.7 Å². The number of benzene rings is 2. The second kappa shape index (κ2) is 8.86. The Morgan fingerprint density at radius 1 is 1.07 bits per heavy atom. The van der Waals surface area contributed by atoms with E-state index in [2.05, 4.69) is 42.4 Å². The van der Waals surface area contributed by atoms with Gasteiger partial charge in [0.25, 0.3) is 0 Å². The molecule has 6 heteroatoms. The van der Waals surface area contributed by atoms with Gasteiger partial charge in [-0.3, -0.25) is 9.36 Å². The second-order valence-corrected chi connectivity index (χ2v) is 7.72. The largest absolute Gasteiger partial charge is 0.355 e. The third-order valence-corrected chi connectivity index (χ3v) is 4.99. The van der Waals surface area contributed by atoms with E-state index in [1.54, 1.807) is 0 Å². The molecule has 0 radical (unpaired) electrons. The maximum absolute atomic E-state index is 12.1. The van der Waals surface area contributed by atoms with Crippen LogP contribution in [-0.2, 0) is 4.79 Å². The van der Waals surface area contributed by atoms with Gasteiger partial charge in [0.05, 0.1) is 11.4 Å². The lowest BCUT2D eigenvalue weighted by Gasteiger charge is -2.13. The lowest BCUT2D eigenvalue weighted by atomic mass is 10.1. The molecule has 2 aromatic carbocycles. The average molecular weight is 381 g/mol. The fourth-order valence-corrected chi connectivity index (χ4v) is 3.44. The van der Waals surface area contributed by atoms with E-state index in [1.165, 1.54) is 11.8 Å². The summed E-state index contributed by atoms with van der Waals surface area (Å²) < 4.78 is 2.03. The number of para-hydroxylation sites is 1. The molecule has 0 saturated heterocycles. The van der Waals surface area contributed by atoms with Gasteiger partial charge in [-0.05, 0) is 24.5 Å². The van der Waals surface area contributed by atoms with Crippen LogP contribution in [0, 0.1) is 12.8 Å². The summed E-state index contributed by atoms with van der Waals surface area (Å²) in [6, 6.07) is 18.1. The van der Waals surface area contributed by atoms with E-state index in [0.717, 1.165) is 22.6 Å². The number of nitrogens with zero attached hydrogens (tertiary/aromatic N) is 3. The molecule has 3 rings (SSSR count). The van der Waals surface area contributed by atoms with Gasteiger partial charge in [0, 0.05) is 12.1 Å². The predicted molar refractivity (Wildman–Crippen MR) is 110 cm³/mol. The zero-order chi connectivity index (χ0) is 19.2. The van der Waals surface area contributed by atoms with E-state index in [1.807, 2.05) is 53.1 Å². The van der Waals surface area contributed by atoms with E-state index < -0.39 is 0 Å². The van der Waals surface area contributed by atoms with Crippen LogP contribution in [0.4, 0.5) is 0 Å². The Bertz CT molecular complexity index is 906. The van der Waals surface area contributed by atoms with Crippen molar-refractivity contribution in [3.63, 3.8) is 0 Å². The molecular weight excluding hydrogens is 356 g/mol. The molecule has 5 nitrogen and oxygen atoms in total. The highest BCUT2D eigenvalue weighted by Crippen LogP contribution is 2.29. The molecule has 1 heterocycles. The molecule has 1 N–H and O–H groups in total. The molecule has 1 aromatic heterocycles. The van der Waals surface area contributed by atoms with E-state index in [9.17, 15) is 4.79 Å². The first-order chi connectivity index (χ1) is 13.1. The number of carbonyl (C=O) groups is 1. The maximum Gasteiger partial charge on any atom is 0.230 e. The first-order valence-electron chi connectivity index (χ1n) is 9.02. The lowest BCUT2D eigenvalue weighted by Crippen LogP contribution is -2.28. The minimum Gasteiger partial charge on any atom is -0.355 e. The predicted octanol–water partition coefficient (Wildman–Crippen LogP) is 4.11. The van der Waals surface area contributed by atoms with Crippen molar-refractivity contribution in [2.75, 3.05) is 12.3 Å². The molecule has 27 heavy (non-hydrogen) atoms. The van der Waals surface area contributed by atoms with Crippen molar-refractivity contribution in [2.24, 2.45) is 5.92 Å². The van der Waals surface area contributed by atoms with Crippen LogP contribution in [0.25, 0.3) is 17.1 Å². The molecule has 0 saturated carbocycles. The Kier molecular flexibility index (Phi) is 6.29. The number of hydrogen-bond donors (Lipinski definition) is 1. The van der Waals surface area contributed by atoms with Gasteiger partial charge in [0.15, 0.2) is 11.0 Å². The Morgan fingerprint density at radius 3 is 2.48 bits per heavy atom. The van der Waals surface area contributed by atoms with Crippen molar-refractivity contribution in [1.29, 1.82) is 0 Å². The summed E-state index contributed by atoms with van der Waals surface area (Å²) >= 11 is 1.40. The van der Waals surface area contributed by atoms with Crippen LogP contribution in [0.1, 0.15) is 19.4 Å². The molecule has 0 aliphatic heterocycles. The Morgan fingerprint density at radius 2 is 1.78 bits per heavy atom. The molecule has 0 aliphatic carbocycles. The fraction of sp³-hybridized carbons (Fsp3) is 0.286. The van der Waals surface area contributed by atoms with Gasteiger partial charge in [-0.2, -0.15) is 0 Å². The van der Waals surface area contributed by atoms with Gasteiger partial charge in [-0.15, -0.1) is 10.2 Å². The van der Waals surface area contributed by atoms with Gasteiger partial charge in [-0.25, -0.2) is 0 Å². The first kappa shape index (κ1) is 19.2. The third kappa shape index (κ3) is 4.77. The van der Waals surface area contributed by atoms with E-state index in [4.69, 9.17) is 0 Å². The molecule has 0 unspecified atom stereocenters. The van der Waals surface area contributed by atoms with Crippen LogP contribution < -0.4 is 5.32 Å². The molecule has 0 atom stereocenters. The van der Waals surface area contributed by atoms with Gasteiger partial charge in [0.2, 0.25) is 5.91 Å². The first-order valence-corrected chi connectivity index (χ1v) is 10.0. The zero-order valence-electron chi connectivity index (χ0n) is 15.8. The number of amides is 1. The van der Waals surface area contributed by atoms with Crippen LogP contribution in [-0.4, -0.2) is 33.0 Å². The highest BCUT2D eigenvalue weighted by atomic mass is 32.2. The summed E-state index contributed by atoms with van der Waals surface area (Å²) in [4.78, 5) is 12.1. The molecule has 0 fully saturated rings. The minimum atomic E-state index is 0.00861. The third-order valence-electron chi connectivity index (χ3n) is 4.06. The Hall–Kier alpha value is -2.60. The molecule has 3 aromatic rings. The zero-order valence-corrected chi connectivity index (χ0v) is 16.7. The van der Waals surface area contributed by atoms with Crippen molar-refractivity contribution in [3.8, 4) is 17.1 Å². The number of rotatable bonds is 7. The molecular formula is C21H24N4OS. The fourth-order valence-electron chi connectivity index (χ4n) is 2.67. The highest BCUT2D eigenvalue weighted by molar-refractivity contribution is 7.99. The number of carbonyl (C=O) groups excluding carboxylic acids is 1. The summed E-state index contributed by atoms with van der Waals surface area (Å²) in [5, 5.41) is 12.4. The van der Waals surface area contributed by atoms with Crippen LogP contribution in [0.5, 0.6) is 0 Å². The van der Waals surface area contributed by atoms with Crippen LogP contribution in [0.15, 0.2) is 59.8 Å². The van der Waals surface area contributed by atoms with Crippen LogP contribution in [0.3, 0.4) is 0 Å². The summed E-state index contributed by atoms with van der Waals surface area (Å²) in [7, 11) is 0. The summed E-state index contributed by atoms with van der Waals surface area (Å²) in [6.45, 7) is 6.90. The normalized spacial score (nSPS) is 11.0. The van der Waals surface area contributed by atoms with E-state index >= 15 is 0 Å². The van der Waals surface area contributed by atoms with Gasteiger partial charge in [-0.1, -0.05) is 74.1 Å². The maximum atomic E-state index is 12.1. The Labute approximate surface area is 164 Å². The summed E-state index contributed by atoms with van der Waals surface area (Å²) in [6.07, 6.45) is 0. The van der Waals surface area contributed by atoms with Gasteiger partial charge < -0.3 is 5.32 Å². The molecule has 1 amide bonds. The number of hydrogen-bond acceptors (Lipinski definition) is 4. The molecule has 0 spiro atoms. The van der Waals surface area contributed by atoms with Crippen LogP contribution in [0.2, 0.25) is 0 Å². The average Bonchev–Trinajstić information content (AvgIpc) is 3.09. The minimum absolute atomic E-state index is 0.00861. The number of thioether (sulfide) groups is 1. The molecule has 140 valence electrons. The summed E-state index contributed by atoms with van der Waals surface area (Å²) in [5.74, 6) is 1.52. The summed E-state index contributed by atoms with van der Waals surface area (Å²) in [5.41, 5.74) is 3.14. The number of aromatic nitrogens is 3. The van der Waals surface area contributed by atoms with Crippen LogP contribution >= 0.6 is 11.8 Å². The standard InChI is InChI=1S/C21H24N4OS/c1-15(2)13-22-19(26)14-27-21-24-23-20(17-10-5-4-6-11-17)25(21)18-12-8-7-9-16(18)3/h4-12,15H,13-14H2,1-3H3,(H,22,26). The lowest BCUT2D eigenvalue weighted by molar-refractivity contribution is -0.118. The number of nitrogens with one attached hydrogen (secondary N) is 1. The van der Waals surface area contributed by atoms with Crippen molar-refractivity contribution < 1.29 is 4.79 Å². The second-order valence-electron chi connectivity index (χ2n) is 6.78. The highest BCUT2D eigenvalue weighted by Gasteiger charge is 2.18. The van der Waals surface area contributed by atoms with Crippen molar-refractivity contribution in [2.45, 2.75) is 25.9 Å².